The Morgan fingerprint density at radius 2 is 1.72 bits per heavy atom. The first-order valence-electron chi connectivity index (χ1n) is 5.07. The summed E-state index contributed by atoms with van der Waals surface area (Å²) < 4.78 is 4.19. The second-order valence-electron chi connectivity index (χ2n) is 4.19. The lowest BCUT2D eigenvalue weighted by Crippen LogP contribution is -2.78. The van der Waals surface area contributed by atoms with E-state index in [0.29, 0.717) is 4.90 Å². The predicted octanol–water partition coefficient (Wildman–Crippen LogP) is -1.07. The highest BCUT2D eigenvalue weighted by atomic mass is 16.5. The summed E-state index contributed by atoms with van der Waals surface area (Å²) >= 11 is 0. The number of carbonyl (C=O) groups is 4. The largest absolute Gasteiger partial charge is 0.480 e. The minimum atomic E-state index is -1.73. The number of carboxylic acid groups (broad SMARTS) is 2. The monoisotopic (exact) mass is 259 g/mol. The number of carboxylic acids is 2. The van der Waals surface area contributed by atoms with Gasteiger partial charge in [0.05, 0.1) is 7.11 Å². The van der Waals surface area contributed by atoms with Gasteiger partial charge in [-0.25, -0.2) is 14.4 Å². The number of esters is 1. The van der Waals surface area contributed by atoms with Gasteiger partial charge in [0.2, 0.25) is 0 Å². The zero-order valence-corrected chi connectivity index (χ0v) is 10.0. The molecule has 1 unspecified atom stereocenters. The molecule has 0 bridgehead atoms. The summed E-state index contributed by atoms with van der Waals surface area (Å²) in [4.78, 5) is 45.5. The van der Waals surface area contributed by atoms with Gasteiger partial charge in [0.15, 0.2) is 0 Å². The van der Waals surface area contributed by atoms with Crippen LogP contribution in [0.5, 0.6) is 0 Å². The first-order chi connectivity index (χ1) is 8.19. The van der Waals surface area contributed by atoms with Crippen molar-refractivity contribution in [3.05, 3.63) is 0 Å². The van der Waals surface area contributed by atoms with Crippen molar-refractivity contribution in [1.29, 1.82) is 0 Å². The predicted molar refractivity (Wildman–Crippen MR) is 55.5 cm³/mol. The average molecular weight is 259 g/mol. The summed E-state index contributed by atoms with van der Waals surface area (Å²) in [6.45, 7) is 2.59. The van der Waals surface area contributed by atoms with Crippen molar-refractivity contribution in [1.82, 2.24) is 4.90 Å². The van der Waals surface area contributed by atoms with E-state index < -0.39 is 41.3 Å². The highest BCUT2D eigenvalue weighted by Crippen LogP contribution is 2.42. The van der Waals surface area contributed by atoms with Crippen molar-refractivity contribution in [3.8, 4) is 0 Å². The molecule has 0 aliphatic carbocycles. The second-order valence-corrected chi connectivity index (χ2v) is 4.19. The summed E-state index contributed by atoms with van der Waals surface area (Å²) in [6.07, 6.45) is 0. The maximum absolute atomic E-state index is 11.7. The van der Waals surface area contributed by atoms with E-state index in [9.17, 15) is 19.2 Å². The Bertz CT molecular complexity index is 432. The summed E-state index contributed by atoms with van der Waals surface area (Å²) in [6, 6.07) is -1.35. The Kier molecular flexibility index (Phi) is 3.32. The number of hydrogen-bond acceptors (Lipinski definition) is 5. The summed E-state index contributed by atoms with van der Waals surface area (Å²) in [5, 5.41) is 18.0. The molecule has 18 heavy (non-hydrogen) atoms. The molecule has 0 saturated carbocycles. The average Bonchev–Trinajstić information content (AvgIpc) is 2.31. The maximum Gasteiger partial charge on any atom is 0.396 e. The third-order valence-corrected chi connectivity index (χ3v) is 3.40. The van der Waals surface area contributed by atoms with E-state index in [2.05, 4.69) is 4.74 Å². The molecule has 2 N–H and O–H groups in total. The van der Waals surface area contributed by atoms with Gasteiger partial charge >= 0.3 is 23.8 Å². The van der Waals surface area contributed by atoms with Gasteiger partial charge in [0, 0.05) is 5.92 Å². The zero-order chi connectivity index (χ0) is 14.2. The van der Waals surface area contributed by atoms with Gasteiger partial charge in [-0.05, 0) is 6.92 Å². The van der Waals surface area contributed by atoms with E-state index in [1.165, 1.54) is 13.8 Å². The highest BCUT2D eigenvalue weighted by Gasteiger charge is 2.66. The van der Waals surface area contributed by atoms with Crippen LogP contribution in [0.3, 0.4) is 0 Å². The van der Waals surface area contributed by atoms with Crippen molar-refractivity contribution in [2.45, 2.75) is 25.4 Å². The number of nitrogens with zero attached hydrogens (tertiary/aromatic N) is 1. The molecule has 8 nitrogen and oxygen atoms in total. The number of aliphatic carboxylic acids is 2. The van der Waals surface area contributed by atoms with Gasteiger partial charge in [0.1, 0.15) is 11.6 Å². The Labute approximate surface area is 102 Å². The lowest BCUT2D eigenvalue weighted by molar-refractivity contribution is -0.200. The molecular weight excluding hydrogens is 246 g/mol. The van der Waals surface area contributed by atoms with E-state index in [1.54, 1.807) is 0 Å². The minimum Gasteiger partial charge on any atom is -0.480 e. The fourth-order valence-corrected chi connectivity index (χ4v) is 2.10. The van der Waals surface area contributed by atoms with Crippen LogP contribution in [0.25, 0.3) is 0 Å². The summed E-state index contributed by atoms with van der Waals surface area (Å²) in [7, 11) is 0.956. The summed E-state index contributed by atoms with van der Waals surface area (Å²) in [5.41, 5.74) is -1.73. The fraction of sp³-hybridized carbons (Fsp3) is 0.600. The zero-order valence-electron chi connectivity index (χ0n) is 10.0. The molecule has 0 aromatic carbocycles. The van der Waals surface area contributed by atoms with Crippen LogP contribution < -0.4 is 0 Å². The lowest BCUT2D eigenvalue weighted by atomic mass is 9.69. The fourth-order valence-electron chi connectivity index (χ4n) is 2.10. The summed E-state index contributed by atoms with van der Waals surface area (Å²) in [5.74, 6) is -6.11. The van der Waals surface area contributed by atoms with Crippen LogP contribution in [0, 0.1) is 5.92 Å². The molecule has 0 aromatic rings. The third-order valence-electron chi connectivity index (χ3n) is 3.40. The molecule has 0 spiro atoms. The van der Waals surface area contributed by atoms with E-state index in [-0.39, 0.29) is 0 Å². The number of ether oxygens (including phenoxy) is 1. The molecule has 0 aromatic heterocycles. The van der Waals surface area contributed by atoms with Crippen LogP contribution >= 0.6 is 0 Å². The van der Waals surface area contributed by atoms with Gasteiger partial charge in [-0.3, -0.25) is 4.79 Å². The lowest BCUT2D eigenvalue weighted by Gasteiger charge is -2.56. The van der Waals surface area contributed by atoms with E-state index in [1.807, 2.05) is 0 Å². The van der Waals surface area contributed by atoms with Crippen LogP contribution in [-0.2, 0) is 23.9 Å². The highest BCUT2D eigenvalue weighted by molar-refractivity contribution is 6.33. The topological polar surface area (TPSA) is 121 Å². The number of rotatable bonds is 2. The standard InChI is InChI=1S/C10H13NO7/c1-4-5(7(13)14)11(6(12)8(15)18-3)10(4,2)9(16)17/h4-5H,1-3H3,(H,13,14)(H,16,17)/t4?,5-,10-/m1/s1. The molecule has 1 aliphatic rings. The number of hydrogen-bond donors (Lipinski definition) is 2. The molecule has 1 aliphatic heterocycles. The molecule has 1 rings (SSSR count). The van der Waals surface area contributed by atoms with Gasteiger partial charge in [-0.2, -0.15) is 0 Å². The normalized spacial score (nSPS) is 30.3. The van der Waals surface area contributed by atoms with Crippen molar-refractivity contribution in [2.75, 3.05) is 7.11 Å². The SMILES string of the molecule is COC(=O)C(=O)N1[C@@H](C(=O)O)C(C)[C@]1(C)C(=O)O. The molecule has 1 saturated heterocycles. The first-order valence-corrected chi connectivity index (χ1v) is 5.07. The first kappa shape index (κ1) is 13.9. The second kappa shape index (κ2) is 4.28. The number of likely N-dealkylation sites (tertiary alicyclic amines) is 1. The van der Waals surface area contributed by atoms with Gasteiger partial charge in [-0.1, -0.05) is 6.92 Å². The van der Waals surface area contributed by atoms with E-state index in [0.717, 1.165) is 7.11 Å². The molecule has 1 heterocycles. The van der Waals surface area contributed by atoms with Gasteiger partial charge in [0.25, 0.3) is 0 Å². The van der Waals surface area contributed by atoms with Gasteiger partial charge < -0.3 is 19.8 Å². The Morgan fingerprint density at radius 1 is 1.22 bits per heavy atom. The van der Waals surface area contributed by atoms with Crippen LogP contribution in [0.15, 0.2) is 0 Å². The number of carbonyl (C=O) groups excluding carboxylic acids is 2. The molecule has 100 valence electrons. The quantitative estimate of drug-likeness (QED) is 0.478. The Balaban J connectivity index is 3.17. The van der Waals surface area contributed by atoms with Crippen LogP contribution in [-0.4, -0.2) is 57.6 Å². The Morgan fingerprint density at radius 3 is 2.06 bits per heavy atom. The smallest absolute Gasteiger partial charge is 0.396 e. The van der Waals surface area contributed by atoms with Crippen molar-refractivity contribution >= 4 is 23.8 Å². The molecule has 1 fully saturated rings. The minimum absolute atomic E-state index is 0.536. The molecule has 0 radical (unpaired) electrons. The number of amides is 1. The van der Waals surface area contributed by atoms with Crippen molar-refractivity contribution in [3.63, 3.8) is 0 Å². The molecule has 1 amide bonds. The van der Waals surface area contributed by atoms with Gasteiger partial charge in [-0.15, -0.1) is 0 Å². The van der Waals surface area contributed by atoms with Crippen LogP contribution in [0.1, 0.15) is 13.8 Å². The molecule has 8 heteroatoms. The van der Waals surface area contributed by atoms with Crippen LogP contribution in [0.4, 0.5) is 0 Å². The van der Waals surface area contributed by atoms with Crippen LogP contribution in [0.2, 0.25) is 0 Å². The van der Waals surface area contributed by atoms with E-state index in [4.69, 9.17) is 10.2 Å². The molecular formula is C10H13NO7. The maximum atomic E-state index is 11.7. The van der Waals surface area contributed by atoms with E-state index >= 15 is 0 Å². The van der Waals surface area contributed by atoms with Crippen molar-refractivity contribution in [2.24, 2.45) is 5.92 Å². The van der Waals surface area contributed by atoms with Crippen molar-refractivity contribution < 1.29 is 34.1 Å². The third kappa shape index (κ3) is 1.60. The Hall–Kier alpha value is -2.12. The number of methoxy groups -OCH3 is 1. The molecule has 3 atom stereocenters.